The number of hydrogen-bond acceptors (Lipinski definition) is 6. The lowest BCUT2D eigenvalue weighted by atomic mass is 10.1. The van der Waals surface area contributed by atoms with Crippen LogP contribution >= 0.6 is 0 Å². The number of hydrogen-bond donors (Lipinski definition) is 3. The molecule has 10 heteroatoms. The molecule has 2 aliphatic heterocycles. The van der Waals surface area contributed by atoms with Gasteiger partial charge in [-0.25, -0.2) is 4.79 Å². The number of pyridine rings is 1. The number of aromatic nitrogens is 1. The van der Waals surface area contributed by atoms with Gasteiger partial charge in [0.1, 0.15) is 29.5 Å². The highest BCUT2D eigenvalue weighted by Gasteiger charge is 2.62. The first-order valence-electron chi connectivity index (χ1n) is 13.6. The van der Waals surface area contributed by atoms with Gasteiger partial charge < -0.3 is 25.4 Å². The van der Waals surface area contributed by atoms with Gasteiger partial charge >= 0.3 is 5.97 Å². The van der Waals surface area contributed by atoms with Crippen molar-refractivity contribution in [3.8, 4) is 5.75 Å². The van der Waals surface area contributed by atoms with E-state index in [2.05, 4.69) is 15.6 Å². The van der Waals surface area contributed by atoms with Crippen molar-refractivity contribution in [1.82, 2.24) is 20.5 Å². The topological polar surface area (TPSA) is 138 Å². The first kappa shape index (κ1) is 26.6. The number of para-hydroxylation sites is 1. The monoisotopic (exact) mass is 534 g/mol. The average molecular weight is 535 g/mol. The maximum absolute atomic E-state index is 13.8. The number of allylic oxidation sites excluding steroid dienone is 2. The lowest BCUT2D eigenvalue weighted by Gasteiger charge is -2.29. The van der Waals surface area contributed by atoms with E-state index in [9.17, 15) is 24.3 Å². The highest BCUT2D eigenvalue weighted by Crippen LogP contribution is 2.47. The van der Waals surface area contributed by atoms with Gasteiger partial charge in [-0.2, -0.15) is 0 Å². The standard InChI is InChI=1S/C29H34N4O6/c1-18(34)31-23-12-6-4-2-3-5-9-19-16-29(19,28(37)38)32-26(35)24-15-20(17-33(24)27(23)36)39-25-13-14-30-22-11-8-7-10-21(22)25/h2-3,7-8,10-11,13-14,19-20,23-24H,4-6,9,12,15-17H2,1H3,(H,31,34)(H,32,35)(H,37,38)/b3-2+/t19?,20-,23+,24+,29-/m1/s1. The number of fused-ring (bicyclic) bond motifs is 3. The van der Waals surface area contributed by atoms with Gasteiger partial charge in [0.05, 0.1) is 12.1 Å². The summed E-state index contributed by atoms with van der Waals surface area (Å²) < 4.78 is 6.33. The van der Waals surface area contributed by atoms with Crippen LogP contribution in [0, 0.1) is 5.92 Å². The van der Waals surface area contributed by atoms with Crippen LogP contribution in [-0.2, 0) is 19.2 Å². The summed E-state index contributed by atoms with van der Waals surface area (Å²) in [5, 5.41) is 16.4. The van der Waals surface area contributed by atoms with Crippen LogP contribution in [0.15, 0.2) is 48.7 Å². The number of aliphatic carboxylic acids is 1. The van der Waals surface area contributed by atoms with Crippen molar-refractivity contribution in [1.29, 1.82) is 0 Å². The summed E-state index contributed by atoms with van der Waals surface area (Å²) in [6.45, 7) is 1.49. The highest BCUT2D eigenvalue weighted by atomic mass is 16.5. The third-order valence-corrected chi connectivity index (χ3v) is 7.97. The number of ether oxygens (including phenoxy) is 1. The molecule has 1 saturated carbocycles. The number of carboxylic acids is 1. The van der Waals surface area contributed by atoms with Gasteiger partial charge in [-0.3, -0.25) is 19.4 Å². The Morgan fingerprint density at radius 1 is 1.15 bits per heavy atom. The summed E-state index contributed by atoms with van der Waals surface area (Å²) in [5.41, 5.74) is -0.559. The van der Waals surface area contributed by atoms with E-state index < -0.39 is 35.6 Å². The summed E-state index contributed by atoms with van der Waals surface area (Å²) in [5.74, 6) is -1.84. The Kier molecular flexibility index (Phi) is 7.54. The molecule has 2 aromatic rings. The van der Waals surface area contributed by atoms with Crippen molar-refractivity contribution in [2.24, 2.45) is 5.92 Å². The predicted octanol–water partition coefficient (Wildman–Crippen LogP) is 2.57. The Hall–Kier alpha value is -3.95. The normalized spacial score (nSPS) is 30.2. The molecule has 3 N–H and O–H groups in total. The van der Waals surface area contributed by atoms with Gasteiger partial charge in [0.2, 0.25) is 17.7 Å². The summed E-state index contributed by atoms with van der Waals surface area (Å²) in [6, 6.07) is 7.58. The number of carbonyl (C=O) groups is 4. The largest absolute Gasteiger partial charge is 0.488 e. The second-order valence-corrected chi connectivity index (χ2v) is 10.7. The molecular weight excluding hydrogens is 500 g/mol. The minimum Gasteiger partial charge on any atom is -0.488 e. The van der Waals surface area contributed by atoms with Crippen molar-refractivity contribution in [2.75, 3.05) is 6.54 Å². The fourth-order valence-corrected chi connectivity index (χ4v) is 5.85. The number of nitrogens with one attached hydrogen (secondary N) is 2. The summed E-state index contributed by atoms with van der Waals surface area (Å²) in [7, 11) is 0. The van der Waals surface area contributed by atoms with Crippen LogP contribution in [0.5, 0.6) is 5.75 Å². The zero-order valence-corrected chi connectivity index (χ0v) is 22.0. The molecule has 0 bridgehead atoms. The molecule has 206 valence electrons. The molecule has 39 heavy (non-hydrogen) atoms. The van der Waals surface area contributed by atoms with E-state index in [0.717, 1.165) is 23.7 Å². The Morgan fingerprint density at radius 3 is 2.74 bits per heavy atom. The number of benzene rings is 1. The molecule has 10 nitrogen and oxygen atoms in total. The second-order valence-electron chi connectivity index (χ2n) is 10.7. The first-order valence-corrected chi connectivity index (χ1v) is 13.6. The van der Waals surface area contributed by atoms with E-state index in [1.807, 2.05) is 36.4 Å². The molecule has 1 aromatic heterocycles. The molecular formula is C29H34N4O6. The molecule has 3 amide bonds. The van der Waals surface area contributed by atoms with Gasteiger partial charge in [-0.05, 0) is 62.6 Å². The number of rotatable bonds is 4. The fraction of sp³-hybridized carbons (Fsp3) is 0.483. The minimum atomic E-state index is -1.32. The zero-order chi connectivity index (χ0) is 27.6. The molecule has 5 atom stereocenters. The lowest BCUT2D eigenvalue weighted by molar-refractivity contribution is -0.146. The minimum absolute atomic E-state index is 0.132. The fourth-order valence-electron chi connectivity index (χ4n) is 5.85. The van der Waals surface area contributed by atoms with Crippen molar-refractivity contribution in [3.63, 3.8) is 0 Å². The van der Waals surface area contributed by atoms with Crippen LogP contribution in [0.4, 0.5) is 0 Å². The van der Waals surface area contributed by atoms with E-state index >= 15 is 0 Å². The Bertz CT molecular complexity index is 1310. The molecule has 1 aromatic carbocycles. The zero-order valence-electron chi connectivity index (χ0n) is 22.0. The van der Waals surface area contributed by atoms with Crippen LogP contribution in [0.25, 0.3) is 10.9 Å². The van der Waals surface area contributed by atoms with Crippen molar-refractivity contribution in [2.45, 2.75) is 75.6 Å². The Balaban J connectivity index is 1.44. The Labute approximate surface area is 226 Å². The van der Waals surface area contributed by atoms with Crippen LogP contribution in [0.2, 0.25) is 0 Å². The molecule has 2 fully saturated rings. The van der Waals surface area contributed by atoms with Crippen molar-refractivity contribution in [3.05, 3.63) is 48.7 Å². The Morgan fingerprint density at radius 2 is 1.95 bits per heavy atom. The van der Waals surface area contributed by atoms with E-state index in [4.69, 9.17) is 4.74 Å². The summed E-state index contributed by atoms with van der Waals surface area (Å²) >= 11 is 0. The van der Waals surface area contributed by atoms with Gasteiger partial charge in [0, 0.05) is 24.9 Å². The van der Waals surface area contributed by atoms with Crippen LogP contribution < -0.4 is 15.4 Å². The summed E-state index contributed by atoms with van der Waals surface area (Å²) in [6.07, 6.45) is 8.97. The maximum Gasteiger partial charge on any atom is 0.329 e. The quantitative estimate of drug-likeness (QED) is 0.513. The van der Waals surface area contributed by atoms with E-state index in [-0.39, 0.29) is 30.7 Å². The summed E-state index contributed by atoms with van der Waals surface area (Å²) in [4.78, 5) is 57.4. The third-order valence-electron chi connectivity index (χ3n) is 7.97. The van der Waals surface area contributed by atoms with Gasteiger partial charge in [0.25, 0.3) is 0 Å². The number of carbonyl (C=O) groups excluding carboxylic acids is 3. The molecule has 1 aliphatic carbocycles. The first-order chi connectivity index (χ1) is 18.8. The second kappa shape index (κ2) is 11.0. The molecule has 1 unspecified atom stereocenters. The van der Waals surface area contributed by atoms with E-state index in [1.165, 1.54) is 11.8 Å². The SMILES string of the molecule is CC(=O)N[C@H]1CCC/C=C/CCC2C[C@@]2(C(=O)O)NC(=O)[C@@H]2C[C@@H](Oc3ccnc4ccccc34)CN2C1=O. The molecule has 0 radical (unpaired) electrons. The maximum atomic E-state index is 13.8. The number of carboxylic acid groups (broad SMARTS) is 1. The van der Waals surface area contributed by atoms with E-state index in [0.29, 0.717) is 31.4 Å². The predicted molar refractivity (Wildman–Crippen MR) is 143 cm³/mol. The van der Waals surface area contributed by atoms with Crippen LogP contribution in [-0.4, -0.2) is 69.0 Å². The molecule has 3 aliphatic rings. The number of amides is 3. The average Bonchev–Trinajstić information content (AvgIpc) is 3.44. The smallest absolute Gasteiger partial charge is 0.329 e. The molecule has 5 rings (SSSR count). The molecule has 0 spiro atoms. The molecule has 3 heterocycles. The lowest BCUT2D eigenvalue weighted by Crippen LogP contribution is -2.56. The van der Waals surface area contributed by atoms with Gasteiger partial charge in [-0.1, -0.05) is 24.3 Å². The van der Waals surface area contributed by atoms with Crippen molar-refractivity contribution < 1.29 is 29.0 Å². The highest BCUT2D eigenvalue weighted by molar-refractivity contribution is 5.96. The van der Waals surface area contributed by atoms with Gasteiger partial charge in [0.15, 0.2) is 0 Å². The number of nitrogens with zero attached hydrogens (tertiary/aromatic N) is 2. The van der Waals surface area contributed by atoms with E-state index in [1.54, 1.807) is 12.3 Å². The third kappa shape index (κ3) is 5.60. The van der Waals surface area contributed by atoms with Crippen LogP contribution in [0.1, 0.15) is 51.9 Å². The molecule has 1 saturated heterocycles. The van der Waals surface area contributed by atoms with Gasteiger partial charge in [-0.15, -0.1) is 0 Å². The van der Waals surface area contributed by atoms with Crippen molar-refractivity contribution >= 4 is 34.6 Å². The van der Waals surface area contributed by atoms with Crippen LogP contribution in [0.3, 0.4) is 0 Å².